The third kappa shape index (κ3) is 3.57. The molecule has 1 heterocycles. The number of hydrogen-bond acceptors (Lipinski definition) is 4. The van der Waals surface area contributed by atoms with Gasteiger partial charge in [-0.2, -0.15) is 0 Å². The number of carbonyl (C=O) groups is 1. The summed E-state index contributed by atoms with van der Waals surface area (Å²) in [6.45, 7) is 1.84. The Morgan fingerprint density at radius 1 is 0.923 bits per heavy atom. The van der Waals surface area contributed by atoms with Gasteiger partial charge in [0.15, 0.2) is 11.5 Å². The van der Waals surface area contributed by atoms with E-state index in [2.05, 4.69) is 11.4 Å². The molecule has 5 nitrogen and oxygen atoms in total. The molecule has 0 bridgehead atoms. The van der Waals surface area contributed by atoms with Crippen LogP contribution in [0.25, 0.3) is 10.8 Å². The molecule has 4 rings (SSSR count). The Morgan fingerprint density at radius 3 is 2.62 bits per heavy atom. The van der Waals surface area contributed by atoms with Crippen LogP contribution in [0, 0.1) is 0 Å². The van der Waals surface area contributed by atoms with Crippen LogP contribution in [-0.4, -0.2) is 32.3 Å². The van der Waals surface area contributed by atoms with E-state index >= 15 is 0 Å². The molecule has 0 unspecified atom stereocenters. The van der Waals surface area contributed by atoms with E-state index in [1.54, 1.807) is 18.2 Å². The standard InChI is InChI=1S/C21H19NO4/c23-21(17-6-8-19-20(14-17)26-12-11-25-19)22-9-10-24-18-7-5-15-3-1-2-4-16(15)13-18/h1-8,13-14H,9-12H2,(H,22,23). The van der Waals surface area contributed by atoms with Crippen LogP contribution >= 0.6 is 0 Å². The first-order chi connectivity index (χ1) is 12.8. The van der Waals surface area contributed by atoms with Gasteiger partial charge in [0.25, 0.3) is 5.91 Å². The van der Waals surface area contributed by atoms with Crippen LogP contribution < -0.4 is 19.5 Å². The van der Waals surface area contributed by atoms with Crippen molar-refractivity contribution in [1.29, 1.82) is 0 Å². The van der Waals surface area contributed by atoms with Gasteiger partial charge in [-0.1, -0.05) is 30.3 Å². The SMILES string of the molecule is O=C(NCCOc1ccc2ccccc2c1)c1ccc2c(c1)OCCO2. The Labute approximate surface area is 151 Å². The van der Waals surface area contributed by atoms with Crippen molar-refractivity contribution in [3.63, 3.8) is 0 Å². The van der Waals surface area contributed by atoms with Crippen molar-refractivity contribution in [2.24, 2.45) is 0 Å². The highest BCUT2D eigenvalue weighted by Gasteiger charge is 2.14. The van der Waals surface area contributed by atoms with Crippen LogP contribution in [-0.2, 0) is 0 Å². The fourth-order valence-electron chi connectivity index (χ4n) is 2.88. The molecular weight excluding hydrogens is 330 g/mol. The number of rotatable bonds is 5. The Morgan fingerprint density at radius 2 is 1.73 bits per heavy atom. The van der Waals surface area contributed by atoms with E-state index in [9.17, 15) is 4.79 Å². The summed E-state index contributed by atoms with van der Waals surface area (Å²) in [6, 6.07) is 19.3. The lowest BCUT2D eigenvalue weighted by Crippen LogP contribution is -2.28. The third-order valence-electron chi connectivity index (χ3n) is 4.18. The van der Waals surface area contributed by atoms with Crippen molar-refractivity contribution < 1.29 is 19.0 Å². The number of ether oxygens (including phenoxy) is 3. The fraction of sp³-hybridized carbons (Fsp3) is 0.190. The van der Waals surface area contributed by atoms with Gasteiger partial charge < -0.3 is 19.5 Å². The predicted octanol–water partition coefficient (Wildman–Crippen LogP) is 3.42. The molecule has 0 radical (unpaired) electrons. The van der Waals surface area contributed by atoms with E-state index in [-0.39, 0.29) is 5.91 Å². The number of fused-ring (bicyclic) bond motifs is 2. The van der Waals surface area contributed by atoms with Crippen molar-refractivity contribution >= 4 is 16.7 Å². The van der Waals surface area contributed by atoms with Crippen LogP contribution in [0.2, 0.25) is 0 Å². The molecule has 132 valence electrons. The summed E-state index contributed by atoms with van der Waals surface area (Å²) in [5.74, 6) is 1.91. The highest BCUT2D eigenvalue weighted by Crippen LogP contribution is 2.30. The zero-order valence-corrected chi connectivity index (χ0v) is 14.2. The first-order valence-corrected chi connectivity index (χ1v) is 8.59. The summed E-state index contributed by atoms with van der Waals surface area (Å²) >= 11 is 0. The molecule has 0 saturated heterocycles. The average Bonchev–Trinajstić information content (AvgIpc) is 2.70. The van der Waals surface area contributed by atoms with E-state index in [1.807, 2.05) is 36.4 Å². The molecule has 0 aliphatic carbocycles. The zero-order chi connectivity index (χ0) is 17.8. The zero-order valence-electron chi connectivity index (χ0n) is 14.2. The van der Waals surface area contributed by atoms with Gasteiger partial charge in [-0.05, 0) is 41.1 Å². The second-order valence-electron chi connectivity index (χ2n) is 5.97. The van der Waals surface area contributed by atoms with Gasteiger partial charge in [0.05, 0.1) is 6.54 Å². The van der Waals surface area contributed by atoms with E-state index in [0.29, 0.717) is 43.4 Å². The molecule has 26 heavy (non-hydrogen) atoms. The van der Waals surface area contributed by atoms with Gasteiger partial charge in [-0.3, -0.25) is 4.79 Å². The molecule has 5 heteroatoms. The average molecular weight is 349 g/mol. The van der Waals surface area contributed by atoms with Crippen LogP contribution in [0.3, 0.4) is 0 Å². The lowest BCUT2D eigenvalue weighted by molar-refractivity contribution is 0.0945. The first kappa shape index (κ1) is 16.3. The van der Waals surface area contributed by atoms with E-state index in [0.717, 1.165) is 11.1 Å². The summed E-state index contributed by atoms with van der Waals surface area (Å²) in [5.41, 5.74) is 0.542. The summed E-state index contributed by atoms with van der Waals surface area (Å²) < 4.78 is 16.7. The number of carbonyl (C=O) groups excluding carboxylic acids is 1. The second kappa shape index (κ2) is 7.35. The molecule has 0 atom stereocenters. The number of nitrogens with one attached hydrogen (secondary N) is 1. The Bertz CT molecular complexity index is 938. The Hall–Kier alpha value is -3.21. The molecule has 3 aromatic rings. The predicted molar refractivity (Wildman–Crippen MR) is 99.2 cm³/mol. The van der Waals surface area contributed by atoms with Crippen molar-refractivity contribution in [1.82, 2.24) is 5.32 Å². The molecule has 3 aromatic carbocycles. The van der Waals surface area contributed by atoms with E-state index < -0.39 is 0 Å². The maximum atomic E-state index is 12.3. The number of hydrogen-bond donors (Lipinski definition) is 1. The Kier molecular flexibility index (Phi) is 4.60. The quantitative estimate of drug-likeness (QED) is 0.717. The van der Waals surface area contributed by atoms with Crippen molar-refractivity contribution in [3.05, 3.63) is 66.2 Å². The van der Waals surface area contributed by atoms with Crippen molar-refractivity contribution in [3.8, 4) is 17.2 Å². The second-order valence-corrected chi connectivity index (χ2v) is 5.97. The molecular formula is C21H19NO4. The Balaban J connectivity index is 1.30. The molecule has 0 fully saturated rings. The largest absolute Gasteiger partial charge is 0.492 e. The summed E-state index contributed by atoms with van der Waals surface area (Å²) in [7, 11) is 0. The smallest absolute Gasteiger partial charge is 0.251 e. The summed E-state index contributed by atoms with van der Waals surface area (Å²) in [4.78, 5) is 12.3. The van der Waals surface area contributed by atoms with Gasteiger partial charge in [0, 0.05) is 5.56 Å². The molecule has 0 saturated carbocycles. The van der Waals surface area contributed by atoms with E-state index in [4.69, 9.17) is 14.2 Å². The minimum atomic E-state index is -0.163. The highest BCUT2D eigenvalue weighted by molar-refractivity contribution is 5.94. The van der Waals surface area contributed by atoms with Crippen molar-refractivity contribution in [2.75, 3.05) is 26.4 Å². The van der Waals surface area contributed by atoms with Gasteiger partial charge in [-0.25, -0.2) is 0 Å². The van der Waals surface area contributed by atoms with Crippen LogP contribution in [0.5, 0.6) is 17.2 Å². The lowest BCUT2D eigenvalue weighted by atomic mass is 10.1. The first-order valence-electron chi connectivity index (χ1n) is 8.59. The summed E-state index contributed by atoms with van der Waals surface area (Å²) in [6.07, 6.45) is 0. The fourth-order valence-corrected chi connectivity index (χ4v) is 2.88. The molecule has 1 aliphatic rings. The van der Waals surface area contributed by atoms with E-state index in [1.165, 1.54) is 5.39 Å². The van der Waals surface area contributed by atoms with Gasteiger partial charge in [-0.15, -0.1) is 0 Å². The molecule has 0 spiro atoms. The van der Waals surface area contributed by atoms with Gasteiger partial charge in [0.1, 0.15) is 25.6 Å². The minimum absolute atomic E-state index is 0.163. The molecule has 1 amide bonds. The van der Waals surface area contributed by atoms with Gasteiger partial charge >= 0.3 is 0 Å². The van der Waals surface area contributed by atoms with Crippen LogP contribution in [0.4, 0.5) is 0 Å². The topological polar surface area (TPSA) is 56.8 Å². The van der Waals surface area contributed by atoms with Gasteiger partial charge in [0.2, 0.25) is 0 Å². The monoisotopic (exact) mass is 349 g/mol. The third-order valence-corrected chi connectivity index (χ3v) is 4.18. The number of benzene rings is 3. The number of amides is 1. The maximum absolute atomic E-state index is 12.3. The maximum Gasteiger partial charge on any atom is 0.251 e. The molecule has 1 N–H and O–H groups in total. The van der Waals surface area contributed by atoms with Crippen molar-refractivity contribution in [2.45, 2.75) is 0 Å². The van der Waals surface area contributed by atoms with Crippen LogP contribution in [0.15, 0.2) is 60.7 Å². The molecule has 1 aliphatic heterocycles. The summed E-state index contributed by atoms with van der Waals surface area (Å²) in [5, 5.41) is 5.16. The normalized spacial score (nSPS) is 12.6. The minimum Gasteiger partial charge on any atom is -0.492 e. The lowest BCUT2D eigenvalue weighted by Gasteiger charge is -2.18. The van der Waals surface area contributed by atoms with Crippen LogP contribution in [0.1, 0.15) is 10.4 Å². The highest BCUT2D eigenvalue weighted by atomic mass is 16.6. The molecule has 0 aromatic heterocycles.